The van der Waals surface area contributed by atoms with Crippen LogP contribution in [0.5, 0.6) is 5.75 Å². The predicted molar refractivity (Wildman–Crippen MR) is 102 cm³/mol. The van der Waals surface area contributed by atoms with Crippen molar-refractivity contribution < 1.29 is 23.1 Å². The number of anilines is 1. The van der Waals surface area contributed by atoms with Crippen molar-refractivity contribution in [3.8, 4) is 5.75 Å². The van der Waals surface area contributed by atoms with Gasteiger partial charge in [0.15, 0.2) is 0 Å². The molecule has 2 amide bonds. The molecule has 0 spiro atoms. The van der Waals surface area contributed by atoms with E-state index in [2.05, 4.69) is 10.1 Å². The van der Waals surface area contributed by atoms with Gasteiger partial charge in [-0.25, -0.2) is 0 Å². The van der Waals surface area contributed by atoms with Gasteiger partial charge in [0.1, 0.15) is 5.75 Å². The van der Waals surface area contributed by atoms with Gasteiger partial charge in [-0.1, -0.05) is 18.2 Å². The van der Waals surface area contributed by atoms with Crippen molar-refractivity contribution in [2.24, 2.45) is 0 Å². The Morgan fingerprint density at radius 2 is 1.78 bits per heavy atom. The second-order valence-corrected chi connectivity index (χ2v) is 6.55. The highest BCUT2D eigenvalue weighted by Crippen LogP contribution is 2.23. The minimum absolute atomic E-state index is 0.0107. The van der Waals surface area contributed by atoms with Crippen molar-refractivity contribution in [1.82, 2.24) is 4.90 Å². The number of ether oxygens (including phenoxy) is 1. The molecular weight excluding hydrogens is 374 g/mol. The zero-order chi connectivity index (χ0) is 19.8. The molecule has 0 heterocycles. The molecule has 0 atom stereocenters. The maximum atomic E-state index is 12.4. The summed E-state index contributed by atoms with van der Waals surface area (Å²) < 4.78 is 29.2. The molecule has 0 fully saturated rings. The Bertz CT molecular complexity index is 824. The van der Waals surface area contributed by atoms with Gasteiger partial charge in [-0.15, -0.1) is 0 Å². The second kappa shape index (κ2) is 9.72. The van der Waals surface area contributed by atoms with Gasteiger partial charge in [-0.3, -0.25) is 9.59 Å². The van der Waals surface area contributed by atoms with E-state index in [9.17, 15) is 18.4 Å². The summed E-state index contributed by atoms with van der Waals surface area (Å²) in [6, 6.07) is 13.0. The quantitative estimate of drug-likeness (QED) is 0.571. The minimum Gasteiger partial charge on any atom is -0.434 e. The Kier molecular flexibility index (Phi) is 7.36. The van der Waals surface area contributed by atoms with Crippen LogP contribution in [0.2, 0.25) is 0 Å². The molecule has 0 aromatic heterocycles. The van der Waals surface area contributed by atoms with Crippen LogP contribution in [0.1, 0.15) is 5.56 Å². The fourth-order valence-corrected chi connectivity index (χ4v) is 2.63. The van der Waals surface area contributed by atoms with Crippen molar-refractivity contribution in [2.45, 2.75) is 11.5 Å². The van der Waals surface area contributed by atoms with Gasteiger partial charge >= 0.3 is 6.61 Å². The average Bonchev–Trinajstić information content (AvgIpc) is 2.62. The van der Waals surface area contributed by atoms with Crippen LogP contribution < -0.4 is 10.1 Å². The lowest BCUT2D eigenvalue weighted by molar-refractivity contribution is -0.111. The number of para-hydroxylation sites is 1. The van der Waals surface area contributed by atoms with E-state index < -0.39 is 12.5 Å². The van der Waals surface area contributed by atoms with Crippen LogP contribution in [0.3, 0.4) is 0 Å². The van der Waals surface area contributed by atoms with Crippen LogP contribution in [-0.2, 0) is 4.79 Å². The number of nitrogens with one attached hydrogen (secondary N) is 1. The van der Waals surface area contributed by atoms with Gasteiger partial charge in [0.2, 0.25) is 5.91 Å². The summed E-state index contributed by atoms with van der Waals surface area (Å²) >= 11 is 1.08. The Balaban J connectivity index is 1.98. The number of nitrogens with zero attached hydrogens (tertiary/aromatic N) is 1. The van der Waals surface area contributed by atoms with Gasteiger partial charge < -0.3 is 15.0 Å². The van der Waals surface area contributed by atoms with Crippen molar-refractivity contribution in [3.05, 3.63) is 60.2 Å². The van der Waals surface area contributed by atoms with Gasteiger partial charge in [-0.2, -0.15) is 8.78 Å². The van der Waals surface area contributed by atoms with E-state index in [0.29, 0.717) is 11.3 Å². The second-order valence-electron chi connectivity index (χ2n) is 5.53. The largest absolute Gasteiger partial charge is 0.434 e. The molecule has 0 aliphatic rings. The molecular formula is C19H18F2N2O3S. The van der Waals surface area contributed by atoms with Crippen LogP contribution >= 0.6 is 11.8 Å². The fraction of sp³-hybridized carbons (Fsp3) is 0.158. The third-order valence-electron chi connectivity index (χ3n) is 3.24. The lowest BCUT2D eigenvalue weighted by Crippen LogP contribution is -2.16. The number of benzene rings is 2. The van der Waals surface area contributed by atoms with Crippen molar-refractivity contribution >= 4 is 34.7 Å². The molecule has 27 heavy (non-hydrogen) atoms. The lowest BCUT2D eigenvalue weighted by atomic mass is 10.2. The van der Waals surface area contributed by atoms with E-state index in [-0.39, 0.29) is 11.0 Å². The van der Waals surface area contributed by atoms with E-state index >= 15 is 0 Å². The first-order chi connectivity index (χ1) is 12.8. The number of alkyl halides is 2. The molecule has 1 N–H and O–H groups in total. The summed E-state index contributed by atoms with van der Waals surface area (Å²) in [6.07, 6.45) is 2.62. The Morgan fingerprint density at radius 3 is 2.41 bits per heavy atom. The molecule has 2 rings (SSSR count). The number of carbonyl (C=O) groups excluding carboxylic acids is 2. The summed E-state index contributed by atoms with van der Waals surface area (Å²) in [4.78, 5) is 25.9. The fourth-order valence-electron chi connectivity index (χ4n) is 1.97. The van der Waals surface area contributed by atoms with Crippen molar-refractivity contribution in [1.29, 1.82) is 0 Å². The topological polar surface area (TPSA) is 58.6 Å². The zero-order valence-electron chi connectivity index (χ0n) is 14.7. The monoisotopic (exact) mass is 392 g/mol. The number of carbonyl (C=O) groups is 2. The third-order valence-corrected chi connectivity index (χ3v) is 4.29. The van der Waals surface area contributed by atoms with Gasteiger partial charge in [0, 0.05) is 36.3 Å². The highest BCUT2D eigenvalue weighted by molar-refractivity contribution is 8.13. The highest BCUT2D eigenvalue weighted by atomic mass is 32.2. The number of hydrogen-bond acceptors (Lipinski definition) is 4. The first kappa shape index (κ1) is 20.4. The molecule has 2 aromatic rings. The van der Waals surface area contributed by atoms with E-state index in [1.54, 1.807) is 56.6 Å². The first-order valence-electron chi connectivity index (χ1n) is 7.87. The highest BCUT2D eigenvalue weighted by Gasteiger charge is 2.08. The molecule has 8 heteroatoms. The van der Waals surface area contributed by atoms with Crippen LogP contribution in [0.25, 0.3) is 6.08 Å². The number of amides is 2. The van der Waals surface area contributed by atoms with E-state index in [1.165, 1.54) is 23.1 Å². The molecule has 0 aliphatic heterocycles. The molecule has 0 saturated heterocycles. The summed E-state index contributed by atoms with van der Waals surface area (Å²) in [7, 11) is 3.33. The summed E-state index contributed by atoms with van der Waals surface area (Å²) in [6.45, 7) is -2.94. The van der Waals surface area contributed by atoms with Crippen LogP contribution in [0.4, 0.5) is 19.3 Å². The zero-order valence-corrected chi connectivity index (χ0v) is 15.5. The standard InChI is InChI=1S/C19H18F2N2O3S/c1-23(2)19(25)27-15-10-8-14(9-11-15)22-17(24)12-7-13-5-3-4-6-16(13)26-18(20)21/h3-12,18H,1-2H3,(H,22,24)/b12-7+. The summed E-state index contributed by atoms with van der Waals surface area (Å²) in [5, 5.41) is 2.56. The number of rotatable bonds is 6. The molecule has 0 saturated carbocycles. The predicted octanol–water partition coefficient (Wildman–Crippen LogP) is 4.71. The number of thioether (sulfide) groups is 1. The maximum absolute atomic E-state index is 12.4. The molecule has 0 radical (unpaired) electrons. The van der Waals surface area contributed by atoms with Crippen LogP contribution in [0, 0.1) is 0 Å². The van der Waals surface area contributed by atoms with Crippen molar-refractivity contribution in [2.75, 3.05) is 19.4 Å². The van der Waals surface area contributed by atoms with E-state index in [1.807, 2.05) is 0 Å². The van der Waals surface area contributed by atoms with Gasteiger partial charge in [-0.05, 0) is 48.2 Å². The molecule has 0 aliphatic carbocycles. The van der Waals surface area contributed by atoms with Gasteiger partial charge in [0.25, 0.3) is 5.24 Å². The van der Waals surface area contributed by atoms with E-state index in [4.69, 9.17) is 0 Å². The van der Waals surface area contributed by atoms with Gasteiger partial charge in [0.05, 0.1) is 0 Å². The smallest absolute Gasteiger partial charge is 0.387 e. The van der Waals surface area contributed by atoms with Crippen molar-refractivity contribution in [3.63, 3.8) is 0 Å². The maximum Gasteiger partial charge on any atom is 0.387 e. The average molecular weight is 392 g/mol. The Labute approximate surface area is 160 Å². The number of hydrogen-bond donors (Lipinski definition) is 1. The number of halogens is 2. The Morgan fingerprint density at radius 1 is 1.11 bits per heavy atom. The van der Waals surface area contributed by atoms with Crippen LogP contribution in [0.15, 0.2) is 59.5 Å². The lowest BCUT2D eigenvalue weighted by Gasteiger charge is -2.09. The molecule has 2 aromatic carbocycles. The first-order valence-corrected chi connectivity index (χ1v) is 8.69. The molecule has 0 bridgehead atoms. The summed E-state index contributed by atoms with van der Waals surface area (Å²) in [5.74, 6) is -0.435. The molecule has 5 nitrogen and oxygen atoms in total. The SMILES string of the molecule is CN(C)C(=O)Sc1ccc(NC(=O)/C=C/c2ccccc2OC(F)F)cc1. The normalized spacial score (nSPS) is 10.9. The van der Waals surface area contributed by atoms with E-state index in [0.717, 1.165) is 16.7 Å². The van der Waals surface area contributed by atoms with Crippen LogP contribution in [-0.4, -0.2) is 36.8 Å². The molecule has 142 valence electrons. The molecule has 0 unspecified atom stereocenters. The third kappa shape index (κ3) is 6.74. The Hall–Kier alpha value is -2.87. The minimum atomic E-state index is -2.94. The summed E-state index contributed by atoms with van der Waals surface area (Å²) in [5.41, 5.74) is 0.908.